The first kappa shape index (κ1) is 15.8. The number of ether oxygens (including phenoxy) is 5. The van der Waals surface area contributed by atoms with E-state index in [2.05, 4.69) is 6.07 Å². The second kappa shape index (κ2) is 5.79. The molecular weight excluding hydrogens is 336 g/mol. The van der Waals surface area contributed by atoms with Gasteiger partial charge in [-0.3, -0.25) is 0 Å². The Morgan fingerprint density at radius 1 is 1.08 bits per heavy atom. The molecule has 2 aromatic carbocycles. The number of aromatic hydroxyl groups is 1. The van der Waals surface area contributed by atoms with Gasteiger partial charge in [0.2, 0.25) is 6.79 Å². The summed E-state index contributed by atoms with van der Waals surface area (Å²) in [7, 11) is 1.55. The van der Waals surface area contributed by atoms with Gasteiger partial charge in [0.05, 0.1) is 38.4 Å². The zero-order chi connectivity index (χ0) is 17.7. The van der Waals surface area contributed by atoms with E-state index in [4.69, 9.17) is 23.7 Å². The molecule has 2 saturated heterocycles. The first-order valence-corrected chi connectivity index (χ1v) is 8.68. The van der Waals surface area contributed by atoms with Gasteiger partial charge < -0.3 is 28.8 Å². The number of hydrogen-bond acceptors (Lipinski definition) is 6. The van der Waals surface area contributed by atoms with E-state index >= 15 is 0 Å². The van der Waals surface area contributed by atoms with Crippen LogP contribution in [0, 0.1) is 5.92 Å². The molecule has 3 aliphatic rings. The van der Waals surface area contributed by atoms with Crippen LogP contribution in [0.25, 0.3) is 0 Å². The lowest BCUT2D eigenvalue weighted by molar-refractivity contribution is 0.0475. The topological polar surface area (TPSA) is 66.4 Å². The van der Waals surface area contributed by atoms with Crippen LogP contribution in [-0.2, 0) is 14.9 Å². The molecule has 3 aliphatic heterocycles. The molecule has 136 valence electrons. The van der Waals surface area contributed by atoms with Crippen LogP contribution in [0.1, 0.15) is 17.2 Å². The van der Waals surface area contributed by atoms with E-state index < -0.39 is 0 Å². The largest absolute Gasteiger partial charge is 0.504 e. The zero-order valence-corrected chi connectivity index (χ0v) is 14.4. The molecular formula is C20H20O6. The summed E-state index contributed by atoms with van der Waals surface area (Å²) in [4.78, 5) is 0. The van der Waals surface area contributed by atoms with Crippen LogP contribution in [0.5, 0.6) is 23.0 Å². The number of methoxy groups -OCH3 is 1. The van der Waals surface area contributed by atoms with Crippen LogP contribution in [0.3, 0.4) is 0 Å². The van der Waals surface area contributed by atoms with Crippen molar-refractivity contribution in [2.45, 2.75) is 11.5 Å². The van der Waals surface area contributed by atoms with Crippen LogP contribution < -0.4 is 14.2 Å². The van der Waals surface area contributed by atoms with Crippen molar-refractivity contribution in [2.24, 2.45) is 5.92 Å². The summed E-state index contributed by atoms with van der Waals surface area (Å²) in [6, 6.07) is 11.5. The molecule has 2 fully saturated rings. The van der Waals surface area contributed by atoms with Gasteiger partial charge >= 0.3 is 0 Å². The molecule has 6 heteroatoms. The van der Waals surface area contributed by atoms with Gasteiger partial charge in [-0.05, 0) is 35.4 Å². The summed E-state index contributed by atoms with van der Waals surface area (Å²) in [5.74, 6) is 2.30. The second-order valence-electron chi connectivity index (χ2n) is 7.01. The first-order chi connectivity index (χ1) is 12.7. The molecule has 0 aliphatic carbocycles. The Kier molecular flexibility index (Phi) is 3.52. The number of benzene rings is 2. The molecule has 3 atom stereocenters. The summed E-state index contributed by atoms with van der Waals surface area (Å²) in [6.45, 7) is 2.08. The lowest BCUT2D eigenvalue weighted by Crippen LogP contribution is -2.34. The van der Waals surface area contributed by atoms with E-state index in [1.54, 1.807) is 13.2 Å². The van der Waals surface area contributed by atoms with Gasteiger partial charge in [0.1, 0.15) is 0 Å². The maximum atomic E-state index is 9.87. The Bertz CT molecular complexity index is 850. The van der Waals surface area contributed by atoms with Gasteiger partial charge in [-0.15, -0.1) is 0 Å². The van der Waals surface area contributed by atoms with Crippen molar-refractivity contribution < 1.29 is 28.8 Å². The highest BCUT2D eigenvalue weighted by molar-refractivity contribution is 5.48. The van der Waals surface area contributed by atoms with Crippen molar-refractivity contribution in [3.8, 4) is 23.0 Å². The minimum Gasteiger partial charge on any atom is -0.504 e. The minimum absolute atomic E-state index is 0.113. The van der Waals surface area contributed by atoms with Crippen molar-refractivity contribution in [1.82, 2.24) is 0 Å². The maximum Gasteiger partial charge on any atom is 0.231 e. The van der Waals surface area contributed by atoms with Crippen LogP contribution in [0.4, 0.5) is 0 Å². The molecule has 1 N–H and O–H groups in total. The van der Waals surface area contributed by atoms with E-state index in [-0.39, 0.29) is 30.0 Å². The van der Waals surface area contributed by atoms with E-state index in [0.29, 0.717) is 25.6 Å². The van der Waals surface area contributed by atoms with Gasteiger partial charge in [-0.1, -0.05) is 12.1 Å². The molecule has 6 nitrogen and oxygen atoms in total. The molecule has 0 saturated carbocycles. The average molecular weight is 356 g/mol. The third-order valence-corrected chi connectivity index (χ3v) is 5.73. The number of phenolic OH excluding ortho intramolecular Hbond substituents is 1. The van der Waals surface area contributed by atoms with E-state index in [1.807, 2.05) is 24.3 Å². The Morgan fingerprint density at radius 3 is 2.85 bits per heavy atom. The maximum absolute atomic E-state index is 9.87. The fourth-order valence-electron chi connectivity index (χ4n) is 4.30. The van der Waals surface area contributed by atoms with Crippen molar-refractivity contribution >= 4 is 0 Å². The van der Waals surface area contributed by atoms with E-state index in [9.17, 15) is 5.11 Å². The third kappa shape index (κ3) is 2.19. The fraction of sp³-hybridized carbons (Fsp3) is 0.400. The predicted molar refractivity (Wildman–Crippen MR) is 91.9 cm³/mol. The Morgan fingerprint density at radius 2 is 1.96 bits per heavy atom. The lowest BCUT2D eigenvalue weighted by atomic mass is 9.72. The van der Waals surface area contributed by atoms with Crippen LogP contribution in [0.2, 0.25) is 0 Å². The van der Waals surface area contributed by atoms with Gasteiger partial charge in [-0.25, -0.2) is 0 Å². The Balaban J connectivity index is 1.52. The van der Waals surface area contributed by atoms with Gasteiger partial charge in [0, 0.05) is 5.92 Å². The van der Waals surface area contributed by atoms with Gasteiger partial charge in [0.15, 0.2) is 23.0 Å². The lowest BCUT2D eigenvalue weighted by Gasteiger charge is -2.27. The molecule has 0 amide bonds. The third-order valence-electron chi connectivity index (χ3n) is 5.73. The van der Waals surface area contributed by atoms with Crippen molar-refractivity contribution in [2.75, 3.05) is 33.7 Å². The SMILES string of the molecule is COc1cc(C2OCC3(c4ccc5c(c4)OCO5)COCC23)ccc1O. The predicted octanol–water partition coefficient (Wildman–Crippen LogP) is 2.79. The standard InChI is InChI=1S/C20H20O6/c1-22-17-6-12(2-4-15(17)21)19-14-8-23-9-20(14,10-24-19)13-3-5-16-18(7-13)26-11-25-16/h2-7,14,19,21H,8-11H2,1H3. The number of phenols is 1. The number of fused-ring (bicyclic) bond motifs is 2. The Labute approximate surface area is 151 Å². The first-order valence-electron chi connectivity index (χ1n) is 8.68. The molecule has 0 spiro atoms. The van der Waals surface area contributed by atoms with Crippen LogP contribution >= 0.6 is 0 Å². The molecule has 5 rings (SSSR count). The number of rotatable bonds is 3. The highest BCUT2D eigenvalue weighted by Crippen LogP contribution is 2.53. The van der Waals surface area contributed by atoms with Crippen molar-refractivity contribution in [1.29, 1.82) is 0 Å². The molecule has 26 heavy (non-hydrogen) atoms. The molecule has 2 aromatic rings. The molecule has 0 radical (unpaired) electrons. The van der Waals surface area contributed by atoms with Gasteiger partial charge in [0.25, 0.3) is 0 Å². The zero-order valence-electron chi connectivity index (χ0n) is 14.4. The number of hydrogen-bond donors (Lipinski definition) is 1. The molecule has 3 heterocycles. The highest BCUT2D eigenvalue weighted by atomic mass is 16.7. The highest BCUT2D eigenvalue weighted by Gasteiger charge is 2.55. The summed E-state index contributed by atoms with van der Waals surface area (Å²) in [6.07, 6.45) is -0.113. The van der Waals surface area contributed by atoms with Crippen LogP contribution in [-0.4, -0.2) is 38.8 Å². The monoisotopic (exact) mass is 356 g/mol. The average Bonchev–Trinajstić information content (AvgIpc) is 3.36. The fourth-order valence-corrected chi connectivity index (χ4v) is 4.30. The molecule has 3 unspecified atom stereocenters. The molecule has 0 aromatic heterocycles. The summed E-state index contributed by atoms with van der Waals surface area (Å²) >= 11 is 0. The minimum atomic E-state index is -0.212. The van der Waals surface area contributed by atoms with Gasteiger partial charge in [-0.2, -0.15) is 0 Å². The summed E-state index contributed by atoms with van der Waals surface area (Å²) in [5, 5.41) is 9.87. The molecule has 0 bridgehead atoms. The smallest absolute Gasteiger partial charge is 0.231 e. The summed E-state index contributed by atoms with van der Waals surface area (Å²) < 4.78 is 28.4. The summed E-state index contributed by atoms with van der Waals surface area (Å²) in [5.41, 5.74) is 1.92. The van der Waals surface area contributed by atoms with Crippen LogP contribution in [0.15, 0.2) is 36.4 Å². The second-order valence-corrected chi connectivity index (χ2v) is 7.01. The Hall–Kier alpha value is -2.44. The van der Waals surface area contributed by atoms with Crippen molar-refractivity contribution in [3.05, 3.63) is 47.5 Å². The van der Waals surface area contributed by atoms with E-state index in [1.165, 1.54) is 0 Å². The quantitative estimate of drug-likeness (QED) is 0.912. The van der Waals surface area contributed by atoms with E-state index in [0.717, 1.165) is 22.6 Å². The normalized spacial score (nSPS) is 29.0. The van der Waals surface area contributed by atoms with Crippen molar-refractivity contribution in [3.63, 3.8) is 0 Å².